The number of hydrogen-bond acceptors (Lipinski definition) is 2. The normalized spacial score (nSPS) is 27.1. The SMILES string of the molecule is CCOc1ccc(C2(C)CC(=O)NC2CC)cc1. The van der Waals surface area contributed by atoms with Gasteiger partial charge in [0.15, 0.2) is 0 Å². The first-order valence-electron chi connectivity index (χ1n) is 6.63. The maximum Gasteiger partial charge on any atom is 0.221 e. The van der Waals surface area contributed by atoms with Gasteiger partial charge in [-0.3, -0.25) is 4.79 Å². The van der Waals surface area contributed by atoms with Gasteiger partial charge in [0, 0.05) is 17.9 Å². The Morgan fingerprint density at radius 1 is 1.33 bits per heavy atom. The first kappa shape index (κ1) is 12.9. The van der Waals surface area contributed by atoms with E-state index in [1.807, 2.05) is 19.1 Å². The molecule has 2 unspecified atom stereocenters. The van der Waals surface area contributed by atoms with Crippen molar-refractivity contribution in [3.05, 3.63) is 29.8 Å². The van der Waals surface area contributed by atoms with Crippen LogP contribution in [-0.2, 0) is 10.2 Å². The number of rotatable bonds is 4. The van der Waals surface area contributed by atoms with Gasteiger partial charge in [0.05, 0.1) is 6.61 Å². The van der Waals surface area contributed by atoms with Crippen molar-refractivity contribution in [3.8, 4) is 5.75 Å². The summed E-state index contributed by atoms with van der Waals surface area (Å²) in [7, 11) is 0. The average molecular weight is 247 g/mol. The molecule has 1 heterocycles. The molecule has 2 rings (SSSR count). The van der Waals surface area contributed by atoms with Crippen LogP contribution < -0.4 is 10.1 Å². The van der Waals surface area contributed by atoms with Crippen LogP contribution >= 0.6 is 0 Å². The summed E-state index contributed by atoms with van der Waals surface area (Å²) in [6, 6.07) is 8.35. The Labute approximate surface area is 109 Å². The van der Waals surface area contributed by atoms with Gasteiger partial charge in [0.2, 0.25) is 5.91 Å². The van der Waals surface area contributed by atoms with Gasteiger partial charge in [0.25, 0.3) is 0 Å². The van der Waals surface area contributed by atoms with Crippen LogP contribution in [0.5, 0.6) is 5.75 Å². The first-order valence-corrected chi connectivity index (χ1v) is 6.63. The minimum absolute atomic E-state index is 0.101. The largest absolute Gasteiger partial charge is 0.494 e. The zero-order valence-corrected chi connectivity index (χ0v) is 11.3. The Morgan fingerprint density at radius 3 is 2.56 bits per heavy atom. The third kappa shape index (κ3) is 2.22. The fourth-order valence-electron chi connectivity index (χ4n) is 2.82. The molecular weight excluding hydrogens is 226 g/mol. The summed E-state index contributed by atoms with van der Waals surface area (Å²) in [4.78, 5) is 11.6. The van der Waals surface area contributed by atoms with Gasteiger partial charge in [-0.1, -0.05) is 26.0 Å². The molecule has 0 bridgehead atoms. The van der Waals surface area contributed by atoms with Crippen molar-refractivity contribution in [2.45, 2.75) is 45.1 Å². The van der Waals surface area contributed by atoms with E-state index in [2.05, 4.69) is 31.3 Å². The molecule has 0 radical (unpaired) electrons. The van der Waals surface area contributed by atoms with Crippen LogP contribution in [0.25, 0.3) is 0 Å². The van der Waals surface area contributed by atoms with Crippen LogP contribution in [0.3, 0.4) is 0 Å². The molecule has 1 aromatic rings. The van der Waals surface area contributed by atoms with Crippen molar-refractivity contribution < 1.29 is 9.53 Å². The molecular formula is C15H21NO2. The van der Waals surface area contributed by atoms with E-state index in [4.69, 9.17) is 4.74 Å². The molecule has 1 aliphatic rings. The zero-order valence-electron chi connectivity index (χ0n) is 11.3. The summed E-state index contributed by atoms with van der Waals surface area (Å²) in [5.74, 6) is 1.04. The second-order valence-electron chi connectivity index (χ2n) is 5.08. The summed E-state index contributed by atoms with van der Waals surface area (Å²) < 4.78 is 5.45. The monoisotopic (exact) mass is 247 g/mol. The molecule has 1 N–H and O–H groups in total. The Morgan fingerprint density at radius 2 is 2.00 bits per heavy atom. The van der Waals surface area contributed by atoms with Crippen molar-refractivity contribution >= 4 is 5.91 Å². The zero-order chi connectivity index (χ0) is 13.2. The van der Waals surface area contributed by atoms with Gasteiger partial charge in [-0.25, -0.2) is 0 Å². The lowest BCUT2D eigenvalue weighted by molar-refractivity contribution is -0.119. The van der Waals surface area contributed by atoms with Crippen LogP contribution in [0, 0.1) is 0 Å². The highest BCUT2D eigenvalue weighted by molar-refractivity contribution is 5.81. The highest BCUT2D eigenvalue weighted by atomic mass is 16.5. The quantitative estimate of drug-likeness (QED) is 0.888. The van der Waals surface area contributed by atoms with Crippen molar-refractivity contribution in [1.29, 1.82) is 0 Å². The maximum atomic E-state index is 11.6. The molecule has 0 aliphatic carbocycles. The van der Waals surface area contributed by atoms with Gasteiger partial charge in [-0.15, -0.1) is 0 Å². The van der Waals surface area contributed by atoms with Gasteiger partial charge in [-0.05, 0) is 31.0 Å². The van der Waals surface area contributed by atoms with Gasteiger partial charge in [0.1, 0.15) is 5.75 Å². The van der Waals surface area contributed by atoms with Crippen LogP contribution in [0.1, 0.15) is 39.2 Å². The highest BCUT2D eigenvalue weighted by Gasteiger charge is 2.43. The number of carbonyl (C=O) groups excluding carboxylic acids is 1. The van der Waals surface area contributed by atoms with E-state index in [0.717, 1.165) is 12.2 Å². The molecule has 0 spiro atoms. The molecule has 1 saturated heterocycles. The van der Waals surface area contributed by atoms with Crippen LogP contribution in [0.4, 0.5) is 0 Å². The third-order valence-electron chi connectivity index (χ3n) is 3.87. The average Bonchev–Trinajstić information content (AvgIpc) is 2.66. The second kappa shape index (κ2) is 5.01. The minimum atomic E-state index is -0.101. The van der Waals surface area contributed by atoms with E-state index in [-0.39, 0.29) is 17.4 Å². The summed E-state index contributed by atoms with van der Waals surface area (Å²) in [5, 5.41) is 3.06. The Hall–Kier alpha value is -1.51. The smallest absolute Gasteiger partial charge is 0.221 e. The maximum absolute atomic E-state index is 11.6. The first-order chi connectivity index (χ1) is 8.60. The van der Waals surface area contributed by atoms with Gasteiger partial charge in [-0.2, -0.15) is 0 Å². The van der Waals surface area contributed by atoms with Gasteiger partial charge >= 0.3 is 0 Å². The summed E-state index contributed by atoms with van der Waals surface area (Å²) in [6.07, 6.45) is 1.52. The van der Waals surface area contributed by atoms with E-state index in [9.17, 15) is 4.79 Å². The molecule has 2 atom stereocenters. The molecule has 1 aromatic carbocycles. The predicted octanol–water partition coefficient (Wildman–Crippen LogP) is 2.64. The molecule has 18 heavy (non-hydrogen) atoms. The predicted molar refractivity (Wildman–Crippen MR) is 71.8 cm³/mol. The molecule has 3 nitrogen and oxygen atoms in total. The molecule has 98 valence electrons. The second-order valence-corrected chi connectivity index (χ2v) is 5.08. The Bertz CT molecular complexity index is 427. The van der Waals surface area contributed by atoms with Crippen molar-refractivity contribution in [1.82, 2.24) is 5.32 Å². The number of carbonyl (C=O) groups is 1. The number of amides is 1. The lowest BCUT2D eigenvalue weighted by Gasteiger charge is -2.30. The van der Waals surface area contributed by atoms with E-state index in [1.165, 1.54) is 5.56 Å². The van der Waals surface area contributed by atoms with Gasteiger partial charge < -0.3 is 10.1 Å². The molecule has 0 saturated carbocycles. The number of benzene rings is 1. The molecule has 1 amide bonds. The van der Waals surface area contributed by atoms with E-state index >= 15 is 0 Å². The van der Waals surface area contributed by atoms with Crippen molar-refractivity contribution in [2.75, 3.05) is 6.61 Å². The third-order valence-corrected chi connectivity index (χ3v) is 3.87. The minimum Gasteiger partial charge on any atom is -0.494 e. The fraction of sp³-hybridized carbons (Fsp3) is 0.533. The summed E-state index contributed by atoms with van der Waals surface area (Å²) in [5.41, 5.74) is 1.10. The van der Waals surface area contributed by atoms with E-state index in [0.29, 0.717) is 13.0 Å². The van der Waals surface area contributed by atoms with Crippen LogP contribution in [0.2, 0.25) is 0 Å². The lowest BCUT2D eigenvalue weighted by atomic mass is 9.75. The van der Waals surface area contributed by atoms with Crippen LogP contribution in [-0.4, -0.2) is 18.6 Å². The van der Waals surface area contributed by atoms with E-state index < -0.39 is 0 Å². The summed E-state index contributed by atoms with van der Waals surface area (Å²) in [6.45, 7) is 6.92. The lowest BCUT2D eigenvalue weighted by Crippen LogP contribution is -2.37. The standard InChI is InChI=1S/C15H21NO2/c1-4-13-15(3,10-14(17)16-13)11-6-8-12(9-7-11)18-5-2/h6-9,13H,4-5,10H2,1-3H3,(H,16,17). The van der Waals surface area contributed by atoms with Crippen molar-refractivity contribution in [2.24, 2.45) is 0 Å². The fourth-order valence-corrected chi connectivity index (χ4v) is 2.82. The van der Waals surface area contributed by atoms with Crippen molar-refractivity contribution in [3.63, 3.8) is 0 Å². The summed E-state index contributed by atoms with van der Waals surface area (Å²) >= 11 is 0. The topological polar surface area (TPSA) is 38.3 Å². The molecule has 1 fully saturated rings. The molecule has 0 aromatic heterocycles. The number of ether oxygens (including phenoxy) is 1. The molecule has 1 aliphatic heterocycles. The highest BCUT2D eigenvalue weighted by Crippen LogP contribution is 2.37. The van der Waals surface area contributed by atoms with Crippen LogP contribution in [0.15, 0.2) is 24.3 Å². The Kier molecular flexibility index (Phi) is 3.60. The van der Waals surface area contributed by atoms with E-state index in [1.54, 1.807) is 0 Å². The number of hydrogen-bond donors (Lipinski definition) is 1. The molecule has 3 heteroatoms. The number of nitrogens with one attached hydrogen (secondary N) is 1. The Balaban J connectivity index is 2.26.